The normalized spacial score (nSPS) is 9.50. The average Bonchev–Trinajstić information content (AvgIpc) is 2.55. The number of aliphatic imine (C=N–C) groups is 1. The predicted molar refractivity (Wildman–Crippen MR) is 59.3 cm³/mol. The molecule has 1 aromatic heterocycles. The third-order valence-electron chi connectivity index (χ3n) is 1.60. The molecule has 0 fully saturated rings. The Morgan fingerprint density at radius 1 is 1.64 bits per heavy atom. The molecule has 0 aliphatic rings. The summed E-state index contributed by atoms with van der Waals surface area (Å²) in [6, 6.07) is 2.00. The molecule has 0 saturated carbocycles. The molecule has 0 saturated heterocycles. The quantitative estimate of drug-likeness (QED) is 0.488. The zero-order chi connectivity index (χ0) is 10.6. The maximum Gasteiger partial charge on any atom is 0.221 e. The van der Waals surface area contributed by atoms with E-state index in [4.69, 9.17) is 16.9 Å². The highest BCUT2D eigenvalue weighted by Gasteiger charge is 2.04. The Hall–Kier alpha value is -1.56. The van der Waals surface area contributed by atoms with Gasteiger partial charge in [-0.05, 0) is 22.4 Å². The van der Waals surface area contributed by atoms with Crippen molar-refractivity contribution in [1.82, 2.24) is 4.90 Å². The standard InChI is InChI=1S/C8H13N5S/c1-13(8(11)12-7(9)10)4-6-2-3-14-5-6/h2-3,5H,4H2,1H3,(H5,9,10,11,12). The van der Waals surface area contributed by atoms with Gasteiger partial charge in [-0.2, -0.15) is 16.3 Å². The Balaban J connectivity index is 2.54. The van der Waals surface area contributed by atoms with E-state index in [0.717, 1.165) is 5.56 Å². The van der Waals surface area contributed by atoms with Gasteiger partial charge in [0.1, 0.15) is 0 Å². The van der Waals surface area contributed by atoms with Crippen molar-refractivity contribution in [1.29, 1.82) is 5.41 Å². The van der Waals surface area contributed by atoms with Crippen molar-refractivity contribution < 1.29 is 0 Å². The number of nitrogens with two attached hydrogens (primary N) is 2. The molecule has 0 aromatic carbocycles. The van der Waals surface area contributed by atoms with E-state index in [2.05, 4.69) is 4.99 Å². The van der Waals surface area contributed by atoms with Crippen molar-refractivity contribution in [3.63, 3.8) is 0 Å². The van der Waals surface area contributed by atoms with Gasteiger partial charge >= 0.3 is 0 Å². The third-order valence-corrected chi connectivity index (χ3v) is 2.33. The van der Waals surface area contributed by atoms with Gasteiger partial charge in [0.2, 0.25) is 5.96 Å². The summed E-state index contributed by atoms with van der Waals surface area (Å²) < 4.78 is 0. The fraction of sp³-hybridized carbons (Fsp3) is 0.250. The molecule has 5 nitrogen and oxygen atoms in total. The molecule has 0 unspecified atom stereocenters. The van der Waals surface area contributed by atoms with Crippen LogP contribution in [0.1, 0.15) is 5.56 Å². The number of guanidine groups is 2. The molecule has 14 heavy (non-hydrogen) atoms. The van der Waals surface area contributed by atoms with Crippen molar-refractivity contribution in [2.24, 2.45) is 16.5 Å². The van der Waals surface area contributed by atoms with Crippen LogP contribution in [0.2, 0.25) is 0 Å². The minimum atomic E-state index is -0.0906. The zero-order valence-corrected chi connectivity index (χ0v) is 8.71. The van der Waals surface area contributed by atoms with Crippen LogP contribution in [0.5, 0.6) is 0 Å². The van der Waals surface area contributed by atoms with Crippen LogP contribution in [0, 0.1) is 5.41 Å². The first-order chi connectivity index (χ1) is 6.59. The molecule has 1 rings (SSSR count). The van der Waals surface area contributed by atoms with E-state index in [0.29, 0.717) is 6.54 Å². The second kappa shape index (κ2) is 4.61. The summed E-state index contributed by atoms with van der Waals surface area (Å²) in [4.78, 5) is 5.31. The Morgan fingerprint density at radius 3 is 2.86 bits per heavy atom. The van der Waals surface area contributed by atoms with Crippen LogP contribution in [0.4, 0.5) is 0 Å². The Kier molecular flexibility index (Phi) is 3.47. The minimum absolute atomic E-state index is 0.0659. The maximum absolute atomic E-state index is 7.51. The summed E-state index contributed by atoms with van der Waals surface area (Å²) in [7, 11) is 1.77. The van der Waals surface area contributed by atoms with Crippen LogP contribution in [0.3, 0.4) is 0 Å². The lowest BCUT2D eigenvalue weighted by Crippen LogP contribution is -2.30. The van der Waals surface area contributed by atoms with Gasteiger partial charge in [0, 0.05) is 13.6 Å². The predicted octanol–water partition coefficient (Wildman–Crippen LogP) is 0.388. The number of thiophene rings is 1. The van der Waals surface area contributed by atoms with Gasteiger partial charge in [0.25, 0.3) is 0 Å². The first kappa shape index (κ1) is 10.5. The van der Waals surface area contributed by atoms with E-state index in [1.54, 1.807) is 23.3 Å². The lowest BCUT2D eigenvalue weighted by molar-refractivity contribution is 0.492. The van der Waals surface area contributed by atoms with Crippen molar-refractivity contribution in [3.8, 4) is 0 Å². The molecular formula is C8H13N5S. The van der Waals surface area contributed by atoms with Gasteiger partial charge in [0.05, 0.1) is 0 Å². The SMILES string of the molecule is CN(Cc1ccsc1)C(=N)N=C(N)N. The van der Waals surface area contributed by atoms with Gasteiger partial charge in [-0.3, -0.25) is 5.41 Å². The van der Waals surface area contributed by atoms with Crippen LogP contribution in [0.25, 0.3) is 0 Å². The summed E-state index contributed by atoms with van der Waals surface area (Å²) in [5.74, 6) is -0.0247. The highest BCUT2D eigenvalue weighted by Crippen LogP contribution is 2.08. The molecule has 0 bridgehead atoms. The van der Waals surface area contributed by atoms with E-state index in [1.165, 1.54) is 0 Å². The highest BCUT2D eigenvalue weighted by atomic mass is 32.1. The van der Waals surface area contributed by atoms with Crippen LogP contribution >= 0.6 is 11.3 Å². The molecule has 5 N–H and O–H groups in total. The first-order valence-corrected chi connectivity index (χ1v) is 4.94. The third kappa shape index (κ3) is 3.06. The van der Waals surface area contributed by atoms with Gasteiger partial charge in [-0.15, -0.1) is 0 Å². The fourth-order valence-electron chi connectivity index (χ4n) is 0.939. The number of hydrogen-bond donors (Lipinski definition) is 3. The first-order valence-electron chi connectivity index (χ1n) is 4.00. The summed E-state index contributed by atoms with van der Waals surface area (Å²) in [5.41, 5.74) is 11.5. The summed E-state index contributed by atoms with van der Waals surface area (Å²) in [5, 5.41) is 11.5. The smallest absolute Gasteiger partial charge is 0.221 e. The molecule has 0 radical (unpaired) electrons. The zero-order valence-electron chi connectivity index (χ0n) is 7.90. The fourth-order valence-corrected chi connectivity index (χ4v) is 1.60. The van der Waals surface area contributed by atoms with E-state index < -0.39 is 0 Å². The number of rotatable bonds is 2. The van der Waals surface area contributed by atoms with Gasteiger partial charge in [-0.1, -0.05) is 0 Å². The van der Waals surface area contributed by atoms with E-state index in [-0.39, 0.29) is 11.9 Å². The number of hydrogen-bond acceptors (Lipinski definition) is 2. The largest absolute Gasteiger partial charge is 0.370 e. The molecule has 0 spiro atoms. The van der Waals surface area contributed by atoms with Gasteiger partial charge in [-0.25, -0.2) is 0 Å². The topological polar surface area (TPSA) is 91.5 Å². The Bertz CT molecular complexity index is 326. The molecule has 0 amide bonds. The number of nitrogens with one attached hydrogen (secondary N) is 1. The van der Waals surface area contributed by atoms with Crippen LogP contribution in [0.15, 0.2) is 21.8 Å². The molecular weight excluding hydrogens is 198 g/mol. The Labute approximate surface area is 86.6 Å². The second-order valence-corrected chi connectivity index (χ2v) is 3.63. The summed E-state index contributed by atoms with van der Waals surface area (Å²) in [6.07, 6.45) is 0. The van der Waals surface area contributed by atoms with Gasteiger partial charge in [0.15, 0.2) is 5.96 Å². The average molecular weight is 211 g/mol. The van der Waals surface area contributed by atoms with E-state index in [9.17, 15) is 0 Å². The monoisotopic (exact) mass is 211 g/mol. The molecule has 0 aliphatic heterocycles. The van der Waals surface area contributed by atoms with Gasteiger partial charge < -0.3 is 16.4 Å². The lowest BCUT2D eigenvalue weighted by Gasteiger charge is -2.15. The molecule has 0 atom stereocenters. The van der Waals surface area contributed by atoms with E-state index in [1.807, 2.05) is 16.8 Å². The van der Waals surface area contributed by atoms with Crippen molar-refractivity contribution in [2.75, 3.05) is 7.05 Å². The summed E-state index contributed by atoms with van der Waals surface area (Å²) >= 11 is 1.62. The minimum Gasteiger partial charge on any atom is -0.370 e. The highest BCUT2D eigenvalue weighted by molar-refractivity contribution is 7.07. The van der Waals surface area contributed by atoms with Crippen LogP contribution < -0.4 is 11.5 Å². The second-order valence-electron chi connectivity index (χ2n) is 2.85. The summed E-state index contributed by atoms with van der Waals surface area (Å²) in [6.45, 7) is 0.638. The van der Waals surface area contributed by atoms with Crippen molar-refractivity contribution in [3.05, 3.63) is 22.4 Å². The molecule has 6 heteroatoms. The number of nitrogens with zero attached hydrogens (tertiary/aromatic N) is 2. The molecule has 1 aromatic rings. The van der Waals surface area contributed by atoms with E-state index >= 15 is 0 Å². The molecule has 1 heterocycles. The van der Waals surface area contributed by atoms with Crippen LogP contribution in [-0.2, 0) is 6.54 Å². The lowest BCUT2D eigenvalue weighted by atomic mass is 10.3. The molecule has 0 aliphatic carbocycles. The van der Waals surface area contributed by atoms with Crippen molar-refractivity contribution in [2.45, 2.75) is 6.54 Å². The van der Waals surface area contributed by atoms with Crippen LogP contribution in [-0.4, -0.2) is 23.9 Å². The Morgan fingerprint density at radius 2 is 2.36 bits per heavy atom. The van der Waals surface area contributed by atoms with Crippen molar-refractivity contribution >= 4 is 23.3 Å². The molecule has 76 valence electrons. The maximum atomic E-state index is 7.51.